The highest BCUT2D eigenvalue weighted by atomic mass is 16.1. The van der Waals surface area contributed by atoms with Gasteiger partial charge in [-0.25, -0.2) is 0 Å². The largest absolute Gasteiger partial charge is 0.289 e. The van der Waals surface area contributed by atoms with E-state index < -0.39 is 0 Å². The van der Waals surface area contributed by atoms with Crippen molar-refractivity contribution in [2.24, 2.45) is 0 Å². The average molecular weight is 162 g/mol. The van der Waals surface area contributed by atoms with Crippen LogP contribution in [-0.4, -0.2) is 5.78 Å². The Morgan fingerprint density at radius 2 is 1.33 bits per heavy atom. The van der Waals surface area contributed by atoms with Crippen molar-refractivity contribution in [3.63, 3.8) is 0 Å². The first-order chi connectivity index (χ1) is 5.63. The summed E-state index contributed by atoms with van der Waals surface area (Å²) in [6.45, 7) is 10.6. The summed E-state index contributed by atoms with van der Waals surface area (Å²) in [5, 5.41) is 0. The molecule has 0 aromatic carbocycles. The molecule has 0 fully saturated rings. The SMILES string of the molecule is C=CC=C(C)C(=O)C(C)=CC=C. The minimum Gasteiger partial charge on any atom is -0.289 e. The van der Waals surface area contributed by atoms with Gasteiger partial charge in [0, 0.05) is 0 Å². The van der Waals surface area contributed by atoms with E-state index in [0.717, 1.165) is 0 Å². The highest BCUT2D eigenvalue weighted by Crippen LogP contribution is 2.04. The van der Waals surface area contributed by atoms with Gasteiger partial charge in [0.25, 0.3) is 0 Å². The van der Waals surface area contributed by atoms with Gasteiger partial charge in [-0.2, -0.15) is 0 Å². The van der Waals surface area contributed by atoms with Crippen LogP contribution < -0.4 is 0 Å². The number of carbonyl (C=O) groups is 1. The highest BCUT2D eigenvalue weighted by molar-refractivity contribution is 6.07. The fourth-order valence-corrected chi connectivity index (χ4v) is 0.816. The van der Waals surface area contributed by atoms with Crippen molar-refractivity contribution in [3.8, 4) is 0 Å². The van der Waals surface area contributed by atoms with E-state index in [1.165, 1.54) is 0 Å². The summed E-state index contributed by atoms with van der Waals surface area (Å²) in [5.74, 6) is 0.0369. The third-order valence-electron chi connectivity index (χ3n) is 1.45. The Kier molecular flexibility index (Phi) is 4.70. The molecule has 1 heteroatoms. The summed E-state index contributed by atoms with van der Waals surface area (Å²) in [4.78, 5) is 11.4. The van der Waals surface area contributed by atoms with Crippen LogP contribution in [0.4, 0.5) is 0 Å². The fraction of sp³-hybridized carbons (Fsp3) is 0.182. The Hall–Kier alpha value is -1.37. The second kappa shape index (κ2) is 5.30. The van der Waals surface area contributed by atoms with Crippen LogP contribution in [-0.2, 0) is 4.79 Å². The predicted octanol–water partition coefficient (Wildman–Crippen LogP) is 2.82. The second-order valence-electron chi connectivity index (χ2n) is 2.50. The Morgan fingerprint density at radius 1 is 1.00 bits per heavy atom. The van der Waals surface area contributed by atoms with Crippen LogP contribution in [0.3, 0.4) is 0 Å². The summed E-state index contributed by atoms with van der Waals surface area (Å²) in [6.07, 6.45) is 6.61. The minimum atomic E-state index is 0.0369. The Bertz CT molecular complexity index is 228. The van der Waals surface area contributed by atoms with Crippen LogP contribution in [0.15, 0.2) is 48.6 Å². The lowest BCUT2D eigenvalue weighted by molar-refractivity contribution is -0.112. The molecule has 64 valence electrons. The van der Waals surface area contributed by atoms with Gasteiger partial charge in [-0.15, -0.1) is 0 Å². The fourth-order valence-electron chi connectivity index (χ4n) is 0.816. The standard InChI is InChI=1S/C11H14O/c1-5-7-9(3)11(12)10(4)8-6-2/h5-8H,1-2H2,3-4H3. The lowest BCUT2D eigenvalue weighted by Gasteiger charge is -1.97. The topological polar surface area (TPSA) is 17.1 Å². The molecule has 0 saturated heterocycles. The molecule has 0 heterocycles. The molecule has 0 aliphatic rings. The van der Waals surface area contributed by atoms with Gasteiger partial charge >= 0.3 is 0 Å². The van der Waals surface area contributed by atoms with Crippen LogP contribution in [0.5, 0.6) is 0 Å². The Morgan fingerprint density at radius 3 is 1.58 bits per heavy atom. The number of ketones is 1. The summed E-state index contributed by atoms with van der Waals surface area (Å²) in [7, 11) is 0. The van der Waals surface area contributed by atoms with Crippen LogP contribution in [0, 0.1) is 0 Å². The van der Waals surface area contributed by atoms with E-state index in [1.54, 1.807) is 38.2 Å². The molecule has 1 nitrogen and oxygen atoms in total. The summed E-state index contributed by atoms with van der Waals surface area (Å²) in [6, 6.07) is 0. The van der Waals surface area contributed by atoms with E-state index in [4.69, 9.17) is 0 Å². The van der Waals surface area contributed by atoms with Gasteiger partial charge in [-0.1, -0.05) is 37.5 Å². The molecular formula is C11H14O. The number of hydrogen-bond donors (Lipinski definition) is 0. The van der Waals surface area contributed by atoms with Crippen LogP contribution >= 0.6 is 0 Å². The smallest absolute Gasteiger partial charge is 0.184 e. The number of rotatable bonds is 4. The van der Waals surface area contributed by atoms with Crippen LogP contribution in [0.1, 0.15) is 13.8 Å². The van der Waals surface area contributed by atoms with E-state index in [9.17, 15) is 4.79 Å². The number of hydrogen-bond acceptors (Lipinski definition) is 1. The lowest BCUT2D eigenvalue weighted by Crippen LogP contribution is -2.00. The van der Waals surface area contributed by atoms with E-state index in [-0.39, 0.29) is 5.78 Å². The number of carbonyl (C=O) groups excluding carboxylic acids is 1. The molecule has 0 aliphatic heterocycles. The molecule has 0 N–H and O–H groups in total. The van der Waals surface area contributed by atoms with Gasteiger partial charge < -0.3 is 0 Å². The van der Waals surface area contributed by atoms with E-state index in [1.807, 2.05) is 0 Å². The van der Waals surface area contributed by atoms with Crippen molar-refractivity contribution in [1.82, 2.24) is 0 Å². The first-order valence-electron chi connectivity index (χ1n) is 3.76. The molecule has 0 bridgehead atoms. The molecule has 0 spiro atoms. The molecule has 0 atom stereocenters. The van der Waals surface area contributed by atoms with Crippen molar-refractivity contribution in [3.05, 3.63) is 48.6 Å². The molecule has 0 aromatic heterocycles. The molecule has 0 amide bonds. The van der Waals surface area contributed by atoms with Crippen molar-refractivity contribution in [2.75, 3.05) is 0 Å². The molecule has 0 rings (SSSR count). The van der Waals surface area contributed by atoms with Crippen molar-refractivity contribution in [2.45, 2.75) is 13.8 Å². The molecule has 12 heavy (non-hydrogen) atoms. The number of allylic oxidation sites excluding steroid dienone is 6. The lowest BCUT2D eigenvalue weighted by atomic mass is 10.1. The predicted molar refractivity (Wildman–Crippen MR) is 52.9 cm³/mol. The third kappa shape index (κ3) is 3.15. The molecular weight excluding hydrogens is 148 g/mol. The monoisotopic (exact) mass is 162 g/mol. The van der Waals surface area contributed by atoms with E-state index in [2.05, 4.69) is 13.2 Å². The summed E-state index contributed by atoms with van der Waals surface area (Å²) >= 11 is 0. The van der Waals surface area contributed by atoms with Crippen molar-refractivity contribution >= 4 is 5.78 Å². The third-order valence-corrected chi connectivity index (χ3v) is 1.45. The average Bonchev–Trinajstić information content (AvgIpc) is 2.04. The van der Waals surface area contributed by atoms with Crippen molar-refractivity contribution < 1.29 is 4.79 Å². The maximum atomic E-state index is 11.4. The zero-order chi connectivity index (χ0) is 9.56. The summed E-state index contributed by atoms with van der Waals surface area (Å²) in [5.41, 5.74) is 1.39. The molecule has 0 aliphatic carbocycles. The maximum absolute atomic E-state index is 11.4. The maximum Gasteiger partial charge on any atom is 0.184 e. The highest BCUT2D eigenvalue weighted by Gasteiger charge is 2.03. The van der Waals surface area contributed by atoms with Gasteiger partial charge in [0.15, 0.2) is 5.78 Å². The second-order valence-corrected chi connectivity index (χ2v) is 2.50. The van der Waals surface area contributed by atoms with Crippen molar-refractivity contribution in [1.29, 1.82) is 0 Å². The first kappa shape index (κ1) is 10.6. The first-order valence-corrected chi connectivity index (χ1v) is 3.76. The quantitative estimate of drug-likeness (QED) is 0.459. The van der Waals surface area contributed by atoms with Gasteiger partial charge in [0.05, 0.1) is 0 Å². The minimum absolute atomic E-state index is 0.0369. The molecule has 0 radical (unpaired) electrons. The zero-order valence-electron chi connectivity index (χ0n) is 7.63. The van der Waals surface area contributed by atoms with E-state index in [0.29, 0.717) is 11.1 Å². The van der Waals surface area contributed by atoms with Crippen LogP contribution in [0.2, 0.25) is 0 Å². The Labute approximate surface area is 73.8 Å². The molecule has 0 aromatic rings. The van der Waals surface area contributed by atoms with Gasteiger partial charge in [0.2, 0.25) is 0 Å². The molecule has 0 saturated carbocycles. The zero-order valence-corrected chi connectivity index (χ0v) is 7.63. The van der Waals surface area contributed by atoms with Gasteiger partial charge in [-0.05, 0) is 25.0 Å². The Balaban J connectivity index is 4.60. The summed E-state index contributed by atoms with van der Waals surface area (Å²) < 4.78 is 0. The number of Topliss-reactive ketones (excluding diaryl/α,β-unsaturated/α-hetero) is 1. The van der Waals surface area contributed by atoms with Gasteiger partial charge in [0.1, 0.15) is 0 Å². The van der Waals surface area contributed by atoms with E-state index >= 15 is 0 Å². The normalized spacial score (nSPS) is 12.5. The van der Waals surface area contributed by atoms with Crippen LogP contribution in [0.25, 0.3) is 0 Å². The van der Waals surface area contributed by atoms with Gasteiger partial charge in [-0.3, -0.25) is 4.79 Å². The molecule has 0 unspecified atom stereocenters.